The van der Waals surface area contributed by atoms with Crippen molar-refractivity contribution in [2.45, 2.75) is 55.1 Å². The number of likely N-dealkylation sites (N-methyl/N-ethyl adjacent to an activating group) is 1. The number of hydrogen-bond acceptors (Lipinski definition) is 6. The number of benzene rings is 2. The monoisotopic (exact) mass is 604 g/mol. The van der Waals surface area contributed by atoms with Crippen molar-refractivity contribution in [2.75, 3.05) is 46.3 Å². The predicted octanol–water partition coefficient (Wildman–Crippen LogP) is 1.84. The van der Waals surface area contributed by atoms with Gasteiger partial charge in [0.15, 0.2) is 0 Å². The SMILES string of the molecule is CN(C(N)=O)C1CCN(C[C@@H]2CCCN2C(=O)CN2CCC[C@H](NS(=O)(=O)c3ccc4ccc(Cl)cc4c3)C2=O)C1. The van der Waals surface area contributed by atoms with Crippen LogP contribution in [0.5, 0.6) is 0 Å². The molecule has 2 aromatic carbocycles. The summed E-state index contributed by atoms with van der Waals surface area (Å²) in [6.07, 6.45) is 3.57. The number of sulfonamides is 1. The Kier molecular flexibility index (Phi) is 8.74. The van der Waals surface area contributed by atoms with Crippen molar-refractivity contribution in [2.24, 2.45) is 5.73 Å². The van der Waals surface area contributed by atoms with Gasteiger partial charge in [-0.15, -0.1) is 0 Å². The minimum Gasteiger partial charge on any atom is -0.351 e. The molecular formula is C28H37ClN6O5S. The fourth-order valence-electron chi connectivity index (χ4n) is 6.20. The molecule has 3 fully saturated rings. The van der Waals surface area contributed by atoms with E-state index in [0.29, 0.717) is 49.4 Å². The number of likely N-dealkylation sites (tertiary alicyclic amines) is 3. The number of hydrogen-bond donors (Lipinski definition) is 2. The van der Waals surface area contributed by atoms with Crippen molar-refractivity contribution in [1.29, 1.82) is 0 Å². The first-order valence-electron chi connectivity index (χ1n) is 14.1. The molecule has 222 valence electrons. The van der Waals surface area contributed by atoms with Gasteiger partial charge in [0.1, 0.15) is 6.04 Å². The largest absolute Gasteiger partial charge is 0.351 e. The van der Waals surface area contributed by atoms with E-state index < -0.39 is 22.1 Å². The lowest BCUT2D eigenvalue weighted by Gasteiger charge is -2.35. The van der Waals surface area contributed by atoms with Crippen molar-refractivity contribution in [3.63, 3.8) is 0 Å². The zero-order valence-electron chi connectivity index (χ0n) is 23.2. The molecule has 0 radical (unpaired) electrons. The van der Waals surface area contributed by atoms with E-state index in [1.54, 1.807) is 36.2 Å². The number of amides is 4. The molecule has 3 heterocycles. The molecule has 4 amide bonds. The van der Waals surface area contributed by atoms with Gasteiger partial charge < -0.3 is 20.4 Å². The van der Waals surface area contributed by atoms with Gasteiger partial charge in [0.05, 0.1) is 11.4 Å². The standard InChI is InChI=1S/C28H37ClN6O5S/c1-32(28(30)38)22-10-13-33(16-22)17-23-4-2-12-35(23)26(36)18-34-11-3-5-25(27(34)37)31-41(39,40)24-9-7-19-6-8-21(29)14-20(19)15-24/h6-9,14-15,22-23,25,31H,2-5,10-13,16-18H2,1H3,(H2,30,38)/t22?,23-,25-/m0/s1. The fraction of sp³-hybridized carbons (Fsp3) is 0.536. The van der Waals surface area contributed by atoms with Crippen LogP contribution in [0, 0.1) is 0 Å². The summed E-state index contributed by atoms with van der Waals surface area (Å²) in [7, 11) is -2.27. The highest BCUT2D eigenvalue weighted by Crippen LogP contribution is 2.25. The lowest BCUT2D eigenvalue weighted by Crippen LogP contribution is -2.55. The summed E-state index contributed by atoms with van der Waals surface area (Å²) in [6.45, 7) is 3.22. The summed E-state index contributed by atoms with van der Waals surface area (Å²) in [6, 6.07) is 8.74. The number of primary amides is 1. The highest BCUT2D eigenvalue weighted by atomic mass is 35.5. The van der Waals surface area contributed by atoms with Crippen LogP contribution in [0.2, 0.25) is 5.02 Å². The number of fused-ring (bicyclic) bond motifs is 1. The van der Waals surface area contributed by atoms with E-state index in [4.69, 9.17) is 17.3 Å². The minimum atomic E-state index is -3.98. The number of halogens is 1. The molecular weight excluding hydrogens is 568 g/mol. The Morgan fingerprint density at radius 2 is 1.80 bits per heavy atom. The maximum Gasteiger partial charge on any atom is 0.314 e. The van der Waals surface area contributed by atoms with Gasteiger partial charge in [-0.2, -0.15) is 4.72 Å². The maximum atomic E-state index is 13.4. The van der Waals surface area contributed by atoms with Gasteiger partial charge in [-0.1, -0.05) is 23.7 Å². The molecule has 5 rings (SSSR count). The van der Waals surface area contributed by atoms with E-state index in [1.165, 1.54) is 11.0 Å². The molecule has 3 aliphatic rings. The molecule has 1 unspecified atom stereocenters. The summed E-state index contributed by atoms with van der Waals surface area (Å²) in [4.78, 5) is 45.4. The van der Waals surface area contributed by atoms with E-state index in [9.17, 15) is 22.8 Å². The van der Waals surface area contributed by atoms with E-state index in [-0.39, 0.29) is 35.3 Å². The first-order valence-corrected chi connectivity index (χ1v) is 15.9. The first kappa shape index (κ1) is 29.6. The molecule has 41 heavy (non-hydrogen) atoms. The Morgan fingerprint density at radius 3 is 2.59 bits per heavy atom. The number of carbonyl (C=O) groups excluding carboxylic acids is 3. The Hall–Kier alpha value is -2.93. The molecule has 13 heteroatoms. The number of nitrogens with zero attached hydrogens (tertiary/aromatic N) is 4. The van der Waals surface area contributed by atoms with Crippen LogP contribution in [0.15, 0.2) is 41.3 Å². The lowest BCUT2D eigenvalue weighted by molar-refractivity contribution is -0.143. The van der Waals surface area contributed by atoms with Crippen molar-refractivity contribution < 1.29 is 22.8 Å². The van der Waals surface area contributed by atoms with Crippen LogP contribution < -0.4 is 10.5 Å². The highest BCUT2D eigenvalue weighted by Gasteiger charge is 2.37. The normalized spacial score (nSPS) is 23.9. The van der Waals surface area contributed by atoms with E-state index in [1.807, 2.05) is 11.0 Å². The van der Waals surface area contributed by atoms with Crippen LogP contribution in [0.25, 0.3) is 10.8 Å². The van der Waals surface area contributed by atoms with E-state index >= 15 is 0 Å². The number of rotatable bonds is 8. The second kappa shape index (κ2) is 12.1. The second-order valence-corrected chi connectivity index (χ2v) is 13.4. The molecule has 0 bridgehead atoms. The average molecular weight is 605 g/mol. The number of carbonyl (C=O) groups is 3. The fourth-order valence-corrected chi connectivity index (χ4v) is 7.64. The number of nitrogens with one attached hydrogen (secondary N) is 1. The highest BCUT2D eigenvalue weighted by molar-refractivity contribution is 7.89. The first-order chi connectivity index (χ1) is 19.5. The van der Waals surface area contributed by atoms with Gasteiger partial charge >= 0.3 is 6.03 Å². The molecule has 3 saturated heterocycles. The third-order valence-electron chi connectivity index (χ3n) is 8.55. The number of urea groups is 1. The maximum absolute atomic E-state index is 13.4. The van der Waals surface area contributed by atoms with Gasteiger partial charge in [-0.3, -0.25) is 14.5 Å². The Morgan fingerprint density at radius 1 is 1.05 bits per heavy atom. The van der Waals surface area contributed by atoms with Gasteiger partial charge in [-0.25, -0.2) is 13.2 Å². The zero-order chi connectivity index (χ0) is 29.3. The van der Waals surface area contributed by atoms with Crippen LogP contribution in [0.3, 0.4) is 0 Å². The van der Waals surface area contributed by atoms with E-state index in [0.717, 1.165) is 31.2 Å². The minimum absolute atomic E-state index is 0.0377. The molecule has 2 aromatic rings. The Bertz CT molecular complexity index is 1440. The summed E-state index contributed by atoms with van der Waals surface area (Å²) < 4.78 is 29.0. The van der Waals surface area contributed by atoms with Gasteiger partial charge in [0.2, 0.25) is 21.8 Å². The van der Waals surface area contributed by atoms with Crippen molar-refractivity contribution >= 4 is 50.2 Å². The quantitative estimate of drug-likeness (QED) is 0.472. The van der Waals surface area contributed by atoms with Crippen LogP contribution >= 0.6 is 11.6 Å². The predicted molar refractivity (Wildman–Crippen MR) is 156 cm³/mol. The van der Waals surface area contributed by atoms with Crippen LogP contribution in [0.4, 0.5) is 4.79 Å². The van der Waals surface area contributed by atoms with Crippen molar-refractivity contribution in [3.8, 4) is 0 Å². The van der Waals surface area contributed by atoms with Crippen LogP contribution in [-0.2, 0) is 19.6 Å². The summed E-state index contributed by atoms with van der Waals surface area (Å²) in [5.74, 6) is -0.509. The third-order valence-corrected chi connectivity index (χ3v) is 10.3. The summed E-state index contributed by atoms with van der Waals surface area (Å²) in [5, 5.41) is 2.05. The molecule has 3 aliphatic heterocycles. The molecule has 3 N–H and O–H groups in total. The molecule has 0 aromatic heterocycles. The van der Waals surface area contributed by atoms with Crippen molar-refractivity contribution in [3.05, 3.63) is 41.4 Å². The Labute approximate surface area is 245 Å². The van der Waals surface area contributed by atoms with Gasteiger partial charge in [0, 0.05) is 56.9 Å². The van der Waals surface area contributed by atoms with Crippen LogP contribution in [0.1, 0.15) is 32.1 Å². The topological polar surface area (TPSA) is 136 Å². The third kappa shape index (κ3) is 6.61. The molecule has 0 aliphatic carbocycles. The van der Waals surface area contributed by atoms with Crippen LogP contribution in [-0.4, -0.2) is 110 Å². The number of nitrogens with two attached hydrogens (primary N) is 1. The second-order valence-electron chi connectivity index (χ2n) is 11.3. The van der Waals surface area contributed by atoms with Crippen molar-refractivity contribution in [1.82, 2.24) is 24.3 Å². The smallest absolute Gasteiger partial charge is 0.314 e. The Balaban J connectivity index is 1.19. The van der Waals surface area contributed by atoms with Gasteiger partial charge in [-0.05, 0) is 67.1 Å². The zero-order valence-corrected chi connectivity index (χ0v) is 24.7. The summed E-state index contributed by atoms with van der Waals surface area (Å²) in [5.41, 5.74) is 5.43. The molecule has 0 spiro atoms. The van der Waals surface area contributed by atoms with E-state index in [2.05, 4.69) is 9.62 Å². The lowest BCUT2D eigenvalue weighted by atomic mass is 10.1. The molecule has 3 atom stereocenters. The number of piperidine rings is 1. The summed E-state index contributed by atoms with van der Waals surface area (Å²) >= 11 is 6.08. The molecule has 0 saturated carbocycles. The average Bonchev–Trinajstić information content (AvgIpc) is 3.60. The molecule has 11 nitrogen and oxygen atoms in total. The van der Waals surface area contributed by atoms with Gasteiger partial charge in [0.25, 0.3) is 0 Å².